The van der Waals surface area contributed by atoms with Gasteiger partial charge in [-0.1, -0.05) is 11.3 Å². The van der Waals surface area contributed by atoms with Gasteiger partial charge < -0.3 is 26.4 Å². The van der Waals surface area contributed by atoms with E-state index in [0.29, 0.717) is 32.6 Å². The number of anilines is 2. The van der Waals surface area contributed by atoms with Crippen molar-refractivity contribution in [1.82, 2.24) is 19.9 Å². The minimum atomic E-state index is -0.743. The molecule has 0 saturated carbocycles. The van der Waals surface area contributed by atoms with Crippen LogP contribution < -0.4 is 26.8 Å². The zero-order valence-corrected chi connectivity index (χ0v) is 17.3. The molecule has 158 valence electrons. The summed E-state index contributed by atoms with van der Waals surface area (Å²) in [6.07, 6.45) is -0.743. The summed E-state index contributed by atoms with van der Waals surface area (Å²) in [5.74, 6) is 0.303. The lowest BCUT2D eigenvalue weighted by Crippen LogP contribution is -2.44. The van der Waals surface area contributed by atoms with Gasteiger partial charge in [0.15, 0.2) is 0 Å². The summed E-state index contributed by atoms with van der Waals surface area (Å²) in [5, 5.41) is 21.0. The van der Waals surface area contributed by atoms with Crippen LogP contribution in [0, 0.1) is 0 Å². The molecular formula is C19H23N7O3S. The standard InChI is InChI=1S/C19H23N7O3S/c1-11(27)12-6-13(8-14(7-12)22-16(28)10-20)18-24-26-17(29)9-15(23-19(26)30-18)25-4-2-21-3-5-25/h6-9,11,21,27H,2-5,10,20H2,1H3,(H,22,28). The Balaban J connectivity index is 1.76. The quantitative estimate of drug-likeness (QED) is 0.451. The molecular weight excluding hydrogens is 406 g/mol. The Morgan fingerprint density at radius 3 is 2.80 bits per heavy atom. The van der Waals surface area contributed by atoms with E-state index >= 15 is 0 Å². The van der Waals surface area contributed by atoms with Gasteiger partial charge in [-0.25, -0.2) is 4.98 Å². The Hall–Kier alpha value is -2.86. The van der Waals surface area contributed by atoms with E-state index < -0.39 is 6.10 Å². The highest BCUT2D eigenvalue weighted by Crippen LogP contribution is 2.30. The van der Waals surface area contributed by atoms with Gasteiger partial charge >= 0.3 is 0 Å². The topological polar surface area (TPSA) is 138 Å². The number of aliphatic hydroxyl groups excluding tert-OH is 1. The van der Waals surface area contributed by atoms with Crippen molar-refractivity contribution in [3.8, 4) is 10.6 Å². The van der Waals surface area contributed by atoms with E-state index in [0.717, 1.165) is 26.2 Å². The molecule has 4 rings (SSSR count). The predicted octanol–water partition coefficient (Wildman–Crippen LogP) is 0.178. The number of benzene rings is 1. The molecule has 3 heterocycles. The van der Waals surface area contributed by atoms with Crippen LogP contribution in [-0.2, 0) is 4.79 Å². The average Bonchev–Trinajstić information content (AvgIpc) is 3.19. The van der Waals surface area contributed by atoms with Crippen LogP contribution in [0.1, 0.15) is 18.6 Å². The summed E-state index contributed by atoms with van der Waals surface area (Å²) >= 11 is 1.28. The van der Waals surface area contributed by atoms with Gasteiger partial charge in [0.1, 0.15) is 10.8 Å². The first-order valence-electron chi connectivity index (χ1n) is 9.64. The van der Waals surface area contributed by atoms with Gasteiger partial charge in [0, 0.05) is 43.5 Å². The molecule has 1 aliphatic heterocycles. The lowest BCUT2D eigenvalue weighted by Gasteiger charge is -2.27. The molecule has 0 aliphatic carbocycles. The first-order valence-corrected chi connectivity index (χ1v) is 10.5. The van der Waals surface area contributed by atoms with Crippen molar-refractivity contribution >= 4 is 33.7 Å². The van der Waals surface area contributed by atoms with Gasteiger partial charge in [-0.2, -0.15) is 9.61 Å². The van der Waals surface area contributed by atoms with Crippen LogP contribution in [0.2, 0.25) is 0 Å². The summed E-state index contributed by atoms with van der Waals surface area (Å²) in [4.78, 5) is 31.5. The van der Waals surface area contributed by atoms with Crippen molar-refractivity contribution in [2.75, 3.05) is 42.9 Å². The Bertz CT molecular complexity index is 1130. The maximum absolute atomic E-state index is 12.6. The molecule has 2 aromatic heterocycles. The Kier molecular flexibility index (Phi) is 5.77. The van der Waals surface area contributed by atoms with Gasteiger partial charge in [-0.15, -0.1) is 0 Å². The van der Waals surface area contributed by atoms with Crippen molar-refractivity contribution in [3.05, 3.63) is 40.2 Å². The Labute approximate surface area is 176 Å². The largest absolute Gasteiger partial charge is 0.389 e. The number of nitrogens with one attached hydrogen (secondary N) is 2. The molecule has 1 amide bonds. The SMILES string of the molecule is CC(O)c1cc(NC(=O)CN)cc(-c2nn3c(=O)cc(N4CCNCC4)nc3s2)c1. The maximum Gasteiger partial charge on any atom is 0.277 e. The monoisotopic (exact) mass is 429 g/mol. The number of aromatic nitrogens is 3. The molecule has 0 spiro atoms. The normalized spacial score (nSPS) is 15.4. The van der Waals surface area contributed by atoms with Gasteiger partial charge in [0.2, 0.25) is 10.9 Å². The number of amides is 1. The average molecular weight is 430 g/mol. The number of nitrogens with two attached hydrogens (primary N) is 1. The summed E-state index contributed by atoms with van der Waals surface area (Å²) in [5.41, 5.74) is 6.91. The number of aliphatic hydroxyl groups is 1. The molecule has 11 heteroatoms. The molecule has 5 N–H and O–H groups in total. The summed E-state index contributed by atoms with van der Waals surface area (Å²) in [6.45, 7) is 4.75. The Morgan fingerprint density at radius 1 is 1.33 bits per heavy atom. The van der Waals surface area contributed by atoms with Crippen LogP contribution in [0.5, 0.6) is 0 Å². The molecule has 1 fully saturated rings. The molecule has 30 heavy (non-hydrogen) atoms. The van der Waals surface area contributed by atoms with Crippen LogP contribution in [0.4, 0.5) is 11.5 Å². The van der Waals surface area contributed by atoms with E-state index in [2.05, 4.69) is 25.6 Å². The second kappa shape index (κ2) is 8.48. The zero-order chi connectivity index (χ0) is 21.3. The number of nitrogens with zero attached hydrogens (tertiary/aromatic N) is 4. The minimum Gasteiger partial charge on any atom is -0.389 e. The number of rotatable bonds is 5. The smallest absolute Gasteiger partial charge is 0.277 e. The van der Waals surface area contributed by atoms with E-state index in [1.54, 1.807) is 25.1 Å². The molecule has 1 aliphatic rings. The first kappa shape index (κ1) is 20.4. The van der Waals surface area contributed by atoms with Crippen LogP contribution in [0.3, 0.4) is 0 Å². The second-order valence-corrected chi connectivity index (χ2v) is 8.02. The highest BCUT2D eigenvalue weighted by molar-refractivity contribution is 7.19. The number of carbonyl (C=O) groups excluding carboxylic acids is 1. The third-order valence-electron chi connectivity index (χ3n) is 4.83. The van der Waals surface area contributed by atoms with Gasteiger partial charge in [-0.3, -0.25) is 9.59 Å². The Morgan fingerprint density at radius 2 is 2.10 bits per heavy atom. The lowest BCUT2D eigenvalue weighted by molar-refractivity contribution is -0.114. The fourth-order valence-corrected chi connectivity index (χ4v) is 4.16. The highest BCUT2D eigenvalue weighted by atomic mass is 32.1. The molecule has 10 nitrogen and oxygen atoms in total. The lowest BCUT2D eigenvalue weighted by atomic mass is 10.1. The summed E-state index contributed by atoms with van der Waals surface area (Å²) in [7, 11) is 0. The van der Waals surface area contributed by atoms with Crippen molar-refractivity contribution in [3.63, 3.8) is 0 Å². The number of hydrogen-bond donors (Lipinski definition) is 4. The van der Waals surface area contributed by atoms with E-state index in [-0.39, 0.29) is 18.0 Å². The second-order valence-electron chi connectivity index (χ2n) is 7.06. The summed E-state index contributed by atoms with van der Waals surface area (Å²) in [6, 6.07) is 6.70. The van der Waals surface area contributed by atoms with Gasteiger partial charge in [0.05, 0.1) is 12.6 Å². The van der Waals surface area contributed by atoms with Crippen LogP contribution >= 0.6 is 11.3 Å². The van der Waals surface area contributed by atoms with Gasteiger partial charge in [0.25, 0.3) is 5.56 Å². The first-order chi connectivity index (χ1) is 14.4. The van der Waals surface area contributed by atoms with Crippen LogP contribution in [0.25, 0.3) is 15.5 Å². The third kappa shape index (κ3) is 4.19. The zero-order valence-electron chi connectivity index (χ0n) is 16.5. The van der Waals surface area contributed by atoms with E-state index in [1.165, 1.54) is 21.9 Å². The molecule has 0 radical (unpaired) electrons. The minimum absolute atomic E-state index is 0.149. The number of fused-ring (bicyclic) bond motifs is 1. The molecule has 0 bridgehead atoms. The van der Waals surface area contributed by atoms with E-state index in [4.69, 9.17) is 5.73 Å². The number of hydrogen-bond acceptors (Lipinski definition) is 9. The molecule has 1 atom stereocenters. The van der Waals surface area contributed by atoms with Crippen LogP contribution in [-0.4, -0.2) is 58.3 Å². The maximum atomic E-state index is 12.6. The van der Waals surface area contributed by atoms with Crippen molar-refractivity contribution in [2.24, 2.45) is 5.73 Å². The third-order valence-corrected chi connectivity index (χ3v) is 5.78. The molecule has 3 aromatic rings. The number of piperazine rings is 1. The number of carbonyl (C=O) groups is 1. The predicted molar refractivity (Wildman–Crippen MR) is 116 cm³/mol. The van der Waals surface area contributed by atoms with Gasteiger partial charge in [-0.05, 0) is 30.7 Å². The fraction of sp³-hybridized carbons (Fsp3) is 0.368. The summed E-state index contributed by atoms with van der Waals surface area (Å²) < 4.78 is 1.28. The van der Waals surface area contributed by atoms with Crippen LogP contribution in [0.15, 0.2) is 29.1 Å². The highest BCUT2D eigenvalue weighted by Gasteiger charge is 2.17. The molecule has 1 unspecified atom stereocenters. The van der Waals surface area contributed by atoms with Crippen molar-refractivity contribution < 1.29 is 9.90 Å². The van der Waals surface area contributed by atoms with E-state index in [9.17, 15) is 14.7 Å². The van der Waals surface area contributed by atoms with Crippen molar-refractivity contribution in [2.45, 2.75) is 13.0 Å². The fourth-order valence-electron chi connectivity index (χ4n) is 3.27. The van der Waals surface area contributed by atoms with Crippen molar-refractivity contribution in [1.29, 1.82) is 0 Å². The van der Waals surface area contributed by atoms with E-state index in [1.807, 2.05) is 0 Å². The molecule has 1 aromatic carbocycles. The molecule has 1 saturated heterocycles.